The summed E-state index contributed by atoms with van der Waals surface area (Å²) in [7, 11) is 0. The maximum Gasteiger partial charge on any atom is 0.328 e. The predicted molar refractivity (Wildman–Crippen MR) is 138 cm³/mol. The second-order valence-electron chi connectivity index (χ2n) is 8.16. The van der Waals surface area contributed by atoms with Gasteiger partial charge in [-0.1, -0.05) is 13.8 Å². The van der Waals surface area contributed by atoms with Gasteiger partial charge in [0.1, 0.15) is 5.82 Å². The number of fused-ring (bicyclic) bond motifs is 1. The first kappa shape index (κ1) is 29.0. The number of carbonyl (C=O) groups is 4. The molecule has 0 fully saturated rings. The molecule has 1 aromatic heterocycles. The summed E-state index contributed by atoms with van der Waals surface area (Å²) in [5.41, 5.74) is 4.20. The zero-order chi connectivity index (χ0) is 27.7. The SMILES string of the molecule is CCN(CC)CCNC(=O)c1c(C)[nH]c(C=C2C(=O)Nc3ccc(F)cc32)c1C.O=C(O)/C=C\C(=O)O. The number of aliphatic carboxylic acids is 2. The molecule has 1 aliphatic heterocycles. The zero-order valence-corrected chi connectivity index (χ0v) is 21.1. The number of likely N-dealkylation sites (N-methyl/N-ethyl adjacent to an activating group) is 1. The maximum atomic E-state index is 13.7. The number of benzene rings is 1. The van der Waals surface area contributed by atoms with Crippen molar-refractivity contribution in [2.45, 2.75) is 27.7 Å². The van der Waals surface area contributed by atoms with E-state index in [0.717, 1.165) is 30.9 Å². The van der Waals surface area contributed by atoms with Crippen molar-refractivity contribution in [3.8, 4) is 0 Å². The average Bonchev–Trinajstić information content (AvgIpc) is 3.30. The number of H-pyrrole nitrogens is 1. The van der Waals surface area contributed by atoms with Crippen LogP contribution < -0.4 is 10.6 Å². The van der Waals surface area contributed by atoms with Crippen LogP contribution in [0.5, 0.6) is 0 Å². The van der Waals surface area contributed by atoms with E-state index in [2.05, 4.69) is 34.4 Å². The van der Waals surface area contributed by atoms with Crippen molar-refractivity contribution >= 4 is 41.1 Å². The number of carboxylic acids is 2. The standard InChI is InChI=1S/C22H27FN4O2.C4H4O4/c1-5-27(6-2)10-9-24-22(29)20-13(3)19(25-14(20)4)12-17-16-11-15(23)7-8-18(16)26-21(17)28;5-3(6)1-2-4(7)8/h7-8,11-12,25H,5-6,9-10H2,1-4H3,(H,24,29)(H,26,28);1-2H,(H,5,6)(H,7,8)/b;2-1-. The van der Waals surface area contributed by atoms with Crippen LogP contribution in [0.4, 0.5) is 10.1 Å². The molecule has 0 bridgehead atoms. The van der Waals surface area contributed by atoms with Crippen LogP contribution >= 0.6 is 0 Å². The van der Waals surface area contributed by atoms with E-state index in [1.807, 2.05) is 13.8 Å². The van der Waals surface area contributed by atoms with Gasteiger partial charge in [0.15, 0.2) is 0 Å². The van der Waals surface area contributed by atoms with E-state index < -0.39 is 17.8 Å². The van der Waals surface area contributed by atoms with Crippen molar-refractivity contribution < 1.29 is 33.8 Å². The van der Waals surface area contributed by atoms with E-state index >= 15 is 0 Å². The first-order valence-electron chi connectivity index (χ1n) is 11.6. The Balaban J connectivity index is 0.000000521. The molecule has 5 N–H and O–H groups in total. The third-order valence-corrected chi connectivity index (χ3v) is 5.73. The van der Waals surface area contributed by atoms with Crippen molar-refractivity contribution in [2.75, 3.05) is 31.5 Å². The molecule has 1 aliphatic rings. The second-order valence-corrected chi connectivity index (χ2v) is 8.16. The van der Waals surface area contributed by atoms with E-state index in [4.69, 9.17) is 10.2 Å². The summed E-state index contributed by atoms with van der Waals surface area (Å²) in [5.74, 6) is -3.35. The number of nitrogens with zero attached hydrogens (tertiary/aromatic N) is 1. The molecule has 2 amide bonds. The highest BCUT2D eigenvalue weighted by Gasteiger charge is 2.26. The molecule has 0 spiro atoms. The van der Waals surface area contributed by atoms with Crippen molar-refractivity contribution in [3.05, 3.63) is 64.2 Å². The normalized spacial score (nSPS) is 13.4. The number of carboxylic acid groups (broad SMARTS) is 2. The number of anilines is 1. The van der Waals surface area contributed by atoms with E-state index in [-0.39, 0.29) is 11.8 Å². The highest BCUT2D eigenvalue weighted by atomic mass is 19.1. The highest BCUT2D eigenvalue weighted by molar-refractivity contribution is 6.34. The molecule has 10 nitrogen and oxygen atoms in total. The van der Waals surface area contributed by atoms with Gasteiger partial charge >= 0.3 is 11.9 Å². The second kappa shape index (κ2) is 13.2. The van der Waals surface area contributed by atoms with Gasteiger partial charge in [0.2, 0.25) is 0 Å². The molecule has 1 aromatic carbocycles. The van der Waals surface area contributed by atoms with Gasteiger partial charge in [-0.2, -0.15) is 0 Å². The van der Waals surface area contributed by atoms with Gasteiger partial charge < -0.3 is 30.7 Å². The summed E-state index contributed by atoms with van der Waals surface area (Å²) in [6.45, 7) is 11.1. The fourth-order valence-electron chi connectivity index (χ4n) is 3.81. The lowest BCUT2D eigenvalue weighted by molar-refractivity contribution is -0.134. The Kier molecular flexibility index (Phi) is 10.3. The predicted octanol–water partition coefficient (Wildman–Crippen LogP) is 3.05. The molecule has 0 unspecified atom stereocenters. The average molecular weight is 515 g/mol. The van der Waals surface area contributed by atoms with Crippen LogP contribution in [0, 0.1) is 19.7 Å². The number of halogens is 1. The van der Waals surface area contributed by atoms with E-state index in [1.165, 1.54) is 12.1 Å². The van der Waals surface area contributed by atoms with Gasteiger partial charge in [-0.25, -0.2) is 14.0 Å². The van der Waals surface area contributed by atoms with Gasteiger partial charge in [0.05, 0.1) is 11.1 Å². The lowest BCUT2D eigenvalue weighted by atomic mass is 10.0. The number of amides is 2. The fourth-order valence-corrected chi connectivity index (χ4v) is 3.81. The number of aromatic nitrogens is 1. The van der Waals surface area contributed by atoms with Crippen LogP contribution in [-0.2, 0) is 14.4 Å². The van der Waals surface area contributed by atoms with Crippen LogP contribution in [0.25, 0.3) is 11.6 Å². The van der Waals surface area contributed by atoms with Crippen molar-refractivity contribution in [2.24, 2.45) is 0 Å². The van der Waals surface area contributed by atoms with Gasteiger partial charge in [-0.05, 0) is 56.8 Å². The number of hydrogen-bond donors (Lipinski definition) is 5. The molecule has 11 heteroatoms. The third kappa shape index (κ3) is 7.87. The van der Waals surface area contributed by atoms with Gasteiger partial charge in [-0.15, -0.1) is 0 Å². The van der Waals surface area contributed by atoms with Crippen molar-refractivity contribution in [3.63, 3.8) is 0 Å². The Bertz CT molecular complexity index is 1230. The third-order valence-electron chi connectivity index (χ3n) is 5.73. The highest BCUT2D eigenvalue weighted by Crippen LogP contribution is 2.34. The molecule has 2 heterocycles. The number of aromatic amines is 1. The van der Waals surface area contributed by atoms with Crippen LogP contribution in [-0.4, -0.2) is 70.0 Å². The minimum absolute atomic E-state index is 0.143. The number of aryl methyl sites for hydroxylation is 1. The summed E-state index contributed by atoms with van der Waals surface area (Å²) < 4.78 is 13.7. The Morgan fingerprint density at radius 3 is 2.27 bits per heavy atom. The monoisotopic (exact) mass is 514 g/mol. The number of hydrogen-bond acceptors (Lipinski definition) is 5. The summed E-state index contributed by atoms with van der Waals surface area (Å²) in [6.07, 6.45) is 2.79. The zero-order valence-electron chi connectivity index (χ0n) is 21.1. The lowest BCUT2D eigenvalue weighted by Gasteiger charge is -2.18. The number of rotatable bonds is 9. The minimum Gasteiger partial charge on any atom is -0.478 e. The first-order valence-corrected chi connectivity index (χ1v) is 11.6. The molecule has 3 rings (SSSR count). The molecule has 0 atom stereocenters. The van der Waals surface area contributed by atoms with Crippen molar-refractivity contribution in [1.29, 1.82) is 0 Å². The molecule has 198 valence electrons. The molecular weight excluding hydrogens is 483 g/mol. The maximum absolute atomic E-state index is 13.7. The lowest BCUT2D eigenvalue weighted by Crippen LogP contribution is -2.35. The molecule has 37 heavy (non-hydrogen) atoms. The number of carbonyl (C=O) groups excluding carboxylic acids is 2. The van der Waals surface area contributed by atoms with Crippen LogP contribution in [0.2, 0.25) is 0 Å². The van der Waals surface area contributed by atoms with E-state index in [9.17, 15) is 23.6 Å². The van der Waals surface area contributed by atoms with Crippen LogP contribution in [0.1, 0.15) is 46.7 Å². The topological polar surface area (TPSA) is 152 Å². The van der Waals surface area contributed by atoms with Gasteiger partial charge in [0, 0.05) is 47.9 Å². The van der Waals surface area contributed by atoms with Crippen molar-refractivity contribution in [1.82, 2.24) is 15.2 Å². The van der Waals surface area contributed by atoms with Crippen LogP contribution in [0.15, 0.2) is 30.4 Å². The summed E-state index contributed by atoms with van der Waals surface area (Å²) >= 11 is 0. The quantitative estimate of drug-likeness (QED) is 0.323. The Morgan fingerprint density at radius 2 is 1.70 bits per heavy atom. The largest absolute Gasteiger partial charge is 0.478 e. The van der Waals surface area contributed by atoms with E-state index in [1.54, 1.807) is 12.1 Å². The van der Waals surface area contributed by atoms with Gasteiger partial charge in [-0.3, -0.25) is 9.59 Å². The molecule has 0 radical (unpaired) electrons. The van der Waals surface area contributed by atoms with Gasteiger partial charge in [0.25, 0.3) is 11.8 Å². The molecule has 0 saturated carbocycles. The number of nitrogens with one attached hydrogen (secondary N) is 3. The summed E-state index contributed by atoms with van der Waals surface area (Å²) in [4.78, 5) is 49.6. The Labute approximate surface area is 213 Å². The molecule has 2 aromatic rings. The van der Waals surface area contributed by atoms with E-state index in [0.29, 0.717) is 46.8 Å². The Hall–Kier alpha value is -4.25. The fraction of sp³-hybridized carbons (Fsp3) is 0.308. The summed E-state index contributed by atoms with van der Waals surface area (Å²) in [6, 6.07) is 4.20. The minimum atomic E-state index is -1.26. The van der Waals surface area contributed by atoms with Crippen LogP contribution in [0.3, 0.4) is 0 Å². The molecular formula is C26H31FN4O6. The molecule has 0 aliphatic carbocycles. The molecule has 0 saturated heterocycles. The first-order chi connectivity index (χ1) is 17.5. The Morgan fingerprint density at radius 1 is 1.08 bits per heavy atom. The summed E-state index contributed by atoms with van der Waals surface area (Å²) in [5, 5.41) is 21.3. The smallest absolute Gasteiger partial charge is 0.328 e.